The van der Waals surface area contributed by atoms with Crippen molar-refractivity contribution in [2.24, 2.45) is 5.84 Å². The van der Waals surface area contributed by atoms with Gasteiger partial charge < -0.3 is 0 Å². The summed E-state index contributed by atoms with van der Waals surface area (Å²) in [5, 5.41) is 4.40. The standard InChI is InChI=1S/C14H20BrN5/c1-10(2)20-14(12(15)9-18-20)13(19-16)7-6-11-5-3-4-8-17-11/h3-5,8-10,13,19H,6-7,16H2,1-2H3. The lowest BCUT2D eigenvalue weighted by Gasteiger charge is -2.20. The Morgan fingerprint density at radius 1 is 1.40 bits per heavy atom. The molecule has 0 aliphatic carbocycles. The Morgan fingerprint density at radius 3 is 2.80 bits per heavy atom. The Bertz CT molecular complexity index is 538. The highest BCUT2D eigenvalue weighted by Gasteiger charge is 2.20. The normalized spacial score (nSPS) is 12.8. The van der Waals surface area contributed by atoms with Crippen molar-refractivity contribution in [3.8, 4) is 0 Å². The van der Waals surface area contributed by atoms with Crippen LogP contribution in [0.2, 0.25) is 0 Å². The molecule has 2 aromatic rings. The van der Waals surface area contributed by atoms with E-state index in [4.69, 9.17) is 5.84 Å². The molecule has 0 aliphatic heterocycles. The molecule has 0 bridgehead atoms. The van der Waals surface area contributed by atoms with Gasteiger partial charge in [0, 0.05) is 17.9 Å². The van der Waals surface area contributed by atoms with Gasteiger partial charge >= 0.3 is 0 Å². The summed E-state index contributed by atoms with van der Waals surface area (Å²) in [6, 6.07) is 6.29. The molecule has 2 rings (SSSR count). The van der Waals surface area contributed by atoms with Gasteiger partial charge in [0.2, 0.25) is 0 Å². The van der Waals surface area contributed by atoms with Gasteiger partial charge in [0.15, 0.2) is 0 Å². The predicted molar refractivity (Wildman–Crippen MR) is 82.9 cm³/mol. The molecule has 3 N–H and O–H groups in total. The molecule has 5 nitrogen and oxygen atoms in total. The first-order valence-corrected chi connectivity index (χ1v) is 7.51. The average Bonchev–Trinajstić information content (AvgIpc) is 2.83. The summed E-state index contributed by atoms with van der Waals surface area (Å²) in [5.74, 6) is 5.73. The number of nitrogens with zero attached hydrogens (tertiary/aromatic N) is 3. The Balaban J connectivity index is 2.14. The zero-order chi connectivity index (χ0) is 14.5. The molecule has 6 heteroatoms. The molecule has 0 spiro atoms. The zero-order valence-corrected chi connectivity index (χ0v) is 13.3. The summed E-state index contributed by atoms with van der Waals surface area (Å²) in [6.45, 7) is 4.21. The lowest BCUT2D eigenvalue weighted by Crippen LogP contribution is -2.31. The number of hydrogen-bond acceptors (Lipinski definition) is 4. The van der Waals surface area contributed by atoms with Crippen molar-refractivity contribution in [1.29, 1.82) is 0 Å². The Morgan fingerprint density at radius 2 is 2.20 bits per heavy atom. The lowest BCUT2D eigenvalue weighted by atomic mass is 10.1. The molecule has 0 saturated carbocycles. The Kier molecular flexibility index (Phi) is 5.28. The summed E-state index contributed by atoms with van der Waals surface area (Å²) in [5.41, 5.74) is 5.04. The maximum Gasteiger partial charge on any atom is 0.0712 e. The SMILES string of the molecule is CC(C)n1ncc(Br)c1C(CCc1ccccn1)NN. The van der Waals surface area contributed by atoms with Gasteiger partial charge in [0.05, 0.1) is 22.4 Å². The number of hydrazine groups is 1. The molecule has 108 valence electrons. The van der Waals surface area contributed by atoms with Crippen molar-refractivity contribution in [2.75, 3.05) is 0 Å². The van der Waals surface area contributed by atoms with Crippen LogP contribution in [-0.2, 0) is 6.42 Å². The van der Waals surface area contributed by atoms with Gasteiger partial charge in [-0.1, -0.05) is 6.07 Å². The third kappa shape index (κ3) is 3.45. The second kappa shape index (κ2) is 6.97. The van der Waals surface area contributed by atoms with Crippen LogP contribution in [0.15, 0.2) is 35.1 Å². The minimum Gasteiger partial charge on any atom is -0.271 e. The van der Waals surface area contributed by atoms with Crippen LogP contribution in [0, 0.1) is 0 Å². The van der Waals surface area contributed by atoms with Crippen molar-refractivity contribution >= 4 is 15.9 Å². The molecule has 1 atom stereocenters. The van der Waals surface area contributed by atoms with E-state index < -0.39 is 0 Å². The molecule has 0 fully saturated rings. The average molecular weight is 338 g/mol. The van der Waals surface area contributed by atoms with E-state index in [1.807, 2.05) is 35.3 Å². The van der Waals surface area contributed by atoms with Crippen molar-refractivity contribution < 1.29 is 0 Å². The molecular weight excluding hydrogens is 318 g/mol. The monoisotopic (exact) mass is 337 g/mol. The molecule has 2 heterocycles. The van der Waals surface area contributed by atoms with E-state index in [0.717, 1.165) is 28.7 Å². The first kappa shape index (κ1) is 15.2. The number of nitrogens with two attached hydrogens (primary N) is 1. The van der Waals surface area contributed by atoms with E-state index in [1.54, 1.807) is 0 Å². The molecule has 0 aromatic carbocycles. The zero-order valence-electron chi connectivity index (χ0n) is 11.8. The molecule has 1 unspecified atom stereocenters. The number of pyridine rings is 1. The number of nitrogens with one attached hydrogen (secondary N) is 1. The van der Waals surface area contributed by atoms with Gasteiger partial charge in [-0.05, 0) is 54.8 Å². The quantitative estimate of drug-likeness (QED) is 0.628. The molecule has 2 aromatic heterocycles. The summed E-state index contributed by atoms with van der Waals surface area (Å²) >= 11 is 3.56. The van der Waals surface area contributed by atoms with Crippen LogP contribution in [0.1, 0.15) is 43.7 Å². The predicted octanol–water partition coefficient (Wildman–Crippen LogP) is 2.76. The van der Waals surface area contributed by atoms with Crippen LogP contribution in [0.4, 0.5) is 0 Å². The van der Waals surface area contributed by atoms with E-state index in [2.05, 4.69) is 45.3 Å². The third-order valence-corrected chi connectivity index (χ3v) is 3.83. The van der Waals surface area contributed by atoms with E-state index in [-0.39, 0.29) is 6.04 Å². The highest BCUT2D eigenvalue weighted by molar-refractivity contribution is 9.10. The fourth-order valence-corrected chi connectivity index (χ4v) is 2.78. The third-order valence-electron chi connectivity index (χ3n) is 3.22. The maximum atomic E-state index is 5.73. The topological polar surface area (TPSA) is 68.8 Å². The number of hydrogen-bond donors (Lipinski definition) is 2. The minimum absolute atomic E-state index is 0.0382. The van der Waals surface area contributed by atoms with E-state index in [1.165, 1.54) is 0 Å². The van der Waals surface area contributed by atoms with Crippen LogP contribution in [0.3, 0.4) is 0 Å². The van der Waals surface area contributed by atoms with Crippen LogP contribution in [0.5, 0.6) is 0 Å². The maximum absolute atomic E-state index is 5.73. The summed E-state index contributed by atoms with van der Waals surface area (Å²) in [6.07, 6.45) is 5.37. The van der Waals surface area contributed by atoms with Crippen molar-refractivity contribution in [2.45, 2.75) is 38.8 Å². The second-order valence-corrected chi connectivity index (χ2v) is 5.85. The number of rotatable bonds is 6. The Labute approximate surface area is 127 Å². The molecule has 0 saturated heterocycles. The first-order valence-electron chi connectivity index (χ1n) is 6.72. The second-order valence-electron chi connectivity index (χ2n) is 5.00. The van der Waals surface area contributed by atoms with Crippen LogP contribution >= 0.6 is 15.9 Å². The van der Waals surface area contributed by atoms with E-state index in [9.17, 15) is 0 Å². The van der Waals surface area contributed by atoms with Gasteiger partial charge in [0.1, 0.15) is 0 Å². The molecule has 0 radical (unpaired) electrons. The van der Waals surface area contributed by atoms with E-state index in [0.29, 0.717) is 6.04 Å². The van der Waals surface area contributed by atoms with Crippen molar-refractivity contribution in [3.05, 3.63) is 46.5 Å². The largest absolute Gasteiger partial charge is 0.271 e. The van der Waals surface area contributed by atoms with Crippen molar-refractivity contribution in [1.82, 2.24) is 20.2 Å². The van der Waals surface area contributed by atoms with Gasteiger partial charge in [-0.25, -0.2) is 0 Å². The van der Waals surface area contributed by atoms with Crippen molar-refractivity contribution in [3.63, 3.8) is 0 Å². The summed E-state index contributed by atoms with van der Waals surface area (Å²) in [4.78, 5) is 4.34. The molecule has 0 amide bonds. The minimum atomic E-state index is 0.0382. The van der Waals surface area contributed by atoms with Gasteiger partial charge in [-0.15, -0.1) is 0 Å². The first-order chi connectivity index (χ1) is 9.63. The highest BCUT2D eigenvalue weighted by Crippen LogP contribution is 2.28. The Hall–Kier alpha value is -1.24. The number of halogens is 1. The van der Waals surface area contributed by atoms with Gasteiger partial charge in [-0.2, -0.15) is 5.10 Å². The number of aryl methyl sites for hydroxylation is 1. The molecular formula is C14H20BrN5. The lowest BCUT2D eigenvalue weighted by molar-refractivity contribution is 0.431. The van der Waals surface area contributed by atoms with Crippen LogP contribution in [-0.4, -0.2) is 14.8 Å². The number of aromatic nitrogens is 3. The van der Waals surface area contributed by atoms with Gasteiger partial charge in [0.25, 0.3) is 0 Å². The smallest absolute Gasteiger partial charge is 0.0712 e. The summed E-state index contributed by atoms with van der Waals surface area (Å²) < 4.78 is 2.97. The highest BCUT2D eigenvalue weighted by atomic mass is 79.9. The molecule has 0 aliphatic rings. The van der Waals surface area contributed by atoms with Crippen LogP contribution in [0.25, 0.3) is 0 Å². The molecule has 20 heavy (non-hydrogen) atoms. The van der Waals surface area contributed by atoms with Gasteiger partial charge in [-0.3, -0.25) is 20.9 Å². The summed E-state index contributed by atoms with van der Waals surface area (Å²) in [7, 11) is 0. The van der Waals surface area contributed by atoms with Crippen LogP contribution < -0.4 is 11.3 Å². The fourth-order valence-electron chi connectivity index (χ4n) is 2.23. The fraction of sp³-hybridized carbons (Fsp3) is 0.429. The van der Waals surface area contributed by atoms with E-state index >= 15 is 0 Å².